The Morgan fingerprint density at radius 2 is 1.74 bits per heavy atom. The summed E-state index contributed by atoms with van der Waals surface area (Å²) in [6.45, 7) is 5.66. The average molecular weight is 589 g/mol. The van der Waals surface area contributed by atoms with E-state index in [2.05, 4.69) is 83.7 Å². The summed E-state index contributed by atoms with van der Waals surface area (Å²) in [5, 5.41) is 0. The van der Waals surface area contributed by atoms with Gasteiger partial charge < -0.3 is 14.5 Å². The summed E-state index contributed by atoms with van der Waals surface area (Å²) in [6, 6.07) is 24.8. The van der Waals surface area contributed by atoms with E-state index in [4.69, 9.17) is 9.72 Å². The van der Waals surface area contributed by atoms with Gasteiger partial charge in [-0.05, 0) is 61.9 Å². The van der Waals surface area contributed by atoms with Crippen molar-refractivity contribution in [3.8, 4) is 11.4 Å². The van der Waals surface area contributed by atoms with Crippen molar-refractivity contribution in [2.75, 3.05) is 51.3 Å². The molecule has 2 fully saturated rings. The van der Waals surface area contributed by atoms with E-state index in [0.29, 0.717) is 12.5 Å². The Morgan fingerprint density at radius 1 is 0.949 bits per heavy atom. The largest absolute Gasteiger partial charge is 0.497 e. The van der Waals surface area contributed by atoms with Gasteiger partial charge in [0.05, 0.1) is 30.6 Å². The predicted octanol–water partition coefficient (Wildman–Crippen LogP) is 5.36. The first kappa shape index (κ1) is 25.9. The number of hydrogen-bond donors (Lipinski definition) is 0. The van der Waals surface area contributed by atoms with Crippen molar-refractivity contribution < 1.29 is 9.53 Å². The fourth-order valence-corrected chi connectivity index (χ4v) is 6.32. The van der Waals surface area contributed by atoms with Gasteiger partial charge in [-0.25, -0.2) is 4.98 Å². The van der Waals surface area contributed by atoms with Crippen LogP contribution < -0.4 is 9.64 Å². The molecule has 0 spiro atoms. The zero-order chi connectivity index (χ0) is 26.8. The molecule has 0 radical (unpaired) electrons. The Hall–Kier alpha value is -3.36. The number of anilines is 1. The first-order valence-electron chi connectivity index (χ1n) is 13.7. The third-order valence-electron chi connectivity index (χ3n) is 7.93. The monoisotopic (exact) mass is 587 g/mol. The molecule has 1 aromatic heterocycles. The van der Waals surface area contributed by atoms with E-state index >= 15 is 0 Å². The summed E-state index contributed by atoms with van der Waals surface area (Å²) >= 11 is 3.62. The smallest absolute Gasteiger partial charge is 0.227 e. The highest BCUT2D eigenvalue weighted by molar-refractivity contribution is 9.10. The number of imidazole rings is 1. The van der Waals surface area contributed by atoms with Crippen molar-refractivity contribution in [1.29, 1.82) is 0 Å². The second-order valence-electron chi connectivity index (χ2n) is 10.4. The van der Waals surface area contributed by atoms with Gasteiger partial charge in [0.15, 0.2) is 0 Å². The summed E-state index contributed by atoms with van der Waals surface area (Å²) < 4.78 is 8.68. The van der Waals surface area contributed by atoms with Gasteiger partial charge in [0.2, 0.25) is 5.91 Å². The van der Waals surface area contributed by atoms with E-state index in [1.54, 1.807) is 7.11 Å². The van der Waals surface area contributed by atoms with Crippen LogP contribution in [0.4, 0.5) is 5.69 Å². The van der Waals surface area contributed by atoms with Crippen LogP contribution in [0.25, 0.3) is 16.7 Å². The van der Waals surface area contributed by atoms with E-state index in [0.717, 1.165) is 90.6 Å². The Morgan fingerprint density at radius 3 is 2.56 bits per heavy atom. The second kappa shape index (κ2) is 11.4. The van der Waals surface area contributed by atoms with Gasteiger partial charge in [0.1, 0.15) is 11.6 Å². The molecule has 0 saturated carbocycles. The van der Waals surface area contributed by atoms with E-state index in [1.807, 2.05) is 24.3 Å². The Bertz CT molecular complexity index is 1460. The van der Waals surface area contributed by atoms with Crippen LogP contribution in [0.3, 0.4) is 0 Å². The number of piperazine rings is 1. The number of hydrogen-bond acceptors (Lipinski definition) is 5. The number of nitrogens with zero attached hydrogens (tertiary/aromatic N) is 5. The van der Waals surface area contributed by atoms with Crippen molar-refractivity contribution >= 4 is 38.6 Å². The zero-order valence-corrected chi connectivity index (χ0v) is 23.9. The predicted molar refractivity (Wildman–Crippen MR) is 159 cm³/mol. The molecule has 2 saturated heterocycles. The number of amides is 1. The Balaban J connectivity index is 1.13. The SMILES string of the molecule is COc1cccc(N2CCN(C(=O)[C@@H]3CCCN(Cc4nc5ccccc5n4-c4cccc(Br)c4)C3)CC2)c1. The number of aromatic nitrogens is 2. The molecule has 0 N–H and O–H groups in total. The number of ether oxygens (including phenoxy) is 1. The first-order valence-corrected chi connectivity index (χ1v) is 14.5. The minimum absolute atomic E-state index is 0.0332. The average Bonchev–Trinajstić information content (AvgIpc) is 3.34. The molecule has 0 aliphatic carbocycles. The molecule has 4 aromatic rings. The standard InChI is InChI=1S/C31H34BrN5O2/c1-39-27-11-5-9-25(20-27)35-15-17-36(18-16-35)31(38)23-7-6-14-34(21-23)22-30-33-28-12-2-3-13-29(28)37(30)26-10-4-8-24(32)19-26/h2-5,8-13,19-20,23H,6-7,14-18,21-22H2,1H3/t23-/m1/s1. The number of benzene rings is 3. The van der Waals surface area contributed by atoms with Crippen LogP contribution in [0.15, 0.2) is 77.3 Å². The number of carbonyl (C=O) groups is 1. The highest BCUT2D eigenvalue weighted by atomic mass is 79.9. The van der Waals surface area contributed by atoms with E-state index in [9.17, 15) is 4.79 Å². The van der Waals surface area contributed by atoms with Crippen molar-refractivity contribution in [1.82, 2.24) is 19.4 Å². The van der Waals surface area contributed by atoms with Gasteiger partial charge in [0.25, 0.3) is 0 Å². The summed E-state index contributed by atoms with van der Waals surface area (Å²) in [6.07, 6.45) is 1.98. The molecule has 2 aliphatic heterocycles. The highest BCUT2D eigenvalue weighted by Crippen LogP contribution is 2.28. The molecule has 3 heterocycles. The fourth-order valence-electron chi connectivity index (χ4n) is 5.94. The van der Waals surface area contributed by atoms with Crippen LogP contribution >= 0.6 is 15.9 Å². The number of halogens is 1. The van der Waals surface area contributed by atoms with Crippen LogP contribution in [-0.4, -0.2) is 71.6 Å². The molecular weight excluding hydrogens is 554 g/mol. The van der Waals surface area contributed by atoms with Crippen molar-refractivity contribution in [2.45, 2.75) is 19.4 Å². The maximum Gasteiger partial charge on any atom is 0.227 e. The summed E-state index contributed by atoms with van der Waals surface area (Å²) in [4.78, 5) is 25.4. The van der Waals surface area contributed by atoms with Crippen molar-refractivity contribution in [2.24, 2.45) is 5.92 Å². The second-order valence-corrected chi connectivity index (χ2v) is 11.3. The molecule has 1 amide bonds. The number of fused-ring (bicyclic) bond motifs is 1. The summed E-state index contributed by atoms with van der Waals surface area (Å²) in [5.41, 5.74) is 4.33. The van der Waals surface area contributed by atoms with Crippen LogP contribution in [0.5, 0.6) is 5.75 Å². The maximum absolute atomic E-state index is 13.6. The number of para-hydroxylation sites is 2. The van der Waals surface area contributed by atoms with Gasteiger partial charge in [0, 0.05) is 54.6 Å². The highest BCUT2D eigenvalue weighted by Gasteiger charge is 2.32. The number of carbonyl (C=O) groups excluding carboxylic acids is 1. The molecule has 202 valence electrons. The Kier molecular flexibility index (Phi) is 7.57. The zero-order valence-electron chi connectivity index (χ0n) is 22.3. The minimum atomic E-state index is 0.0332. The Labute approximate surface area is 238 Å². The van der Waals surface area contributed by atoms with Gasteiger partial charge in [-0.15, -0.1) is 0 Å². The van der Waals surface area contributed by atoms with E-state index < -0.39 is 0 Å². The maximum atomic E-state index is 13.6. The topological polar surface area (TPSA) is 53.8 Å². The molecule has 2 aliphatic rings. The lowest BCUT2D eigenvalue weighted by molar-refractivity contribution is -0.137. The number of rotatable bonds is 6. The van der Waals surface area contributed by atoms with Gasteiger partial charge >= 0.3 is 0 Å². The molecule has 0 unspecified atom stereocenters. The van der Waals surface area contributed by atoms with Gasteiger partial charge in [-0.1, -0.05) is 40.2 Å². The third kappa shape index (κ3) is 5.54. The van der Waals surface area contributed by atoms with E-state index in [-0.39, 0.29) is 5.92 Å². The van der Waals surface area contributed by atoms with Crippen LogP contribution in [0, 0.1) is 5.92 Å². The molecule has 7 nitrogen and oxygen atoms in total. The van der Waals surface area contributed by atoms with Crippen molar-refractivity contribution in [3.05, 3.63) is 83.1 Å². The van der Waals surface area contributed by atoms with E-state index in [1.165, 1.54) is 0 Å². The molecule has 6 rings (SSSR count). The quantitative estimate of drug-likeness (QED) is 0.304. The lowest BCUT2D eigenvalue weighted by Crippen LogP contribution is -2.52. The van der Waals surface area contributed by atoms with Crippen LogP contribution in [0.2, 0.25) is 0 Å². The number of likely N-dealkylation sites (tertiary alicyclic amines) is 1. The fraction of sp³-hybridized carbons (Fsp3) is 0.355. The molecule has 3 aromatic carbocycles. The molecular formula is C31H34BrN5O2. The molecule has 8 heteroatoms. The van der Waals surface area contributed by atoms with Crippen LogP contribution in [0.1, 0.15) is 18.7 Å². The lowest BCUT2D eigenvalue weighted by atomic mass is 9.96. The lowest BCUT2D eigenvalue weighted by Gasteiger charge is -2.39. The third-order valence-corrected chi connectivity index (χ3v) is 8.42. The number of methoxy groups -OCH3 is 1. The van der Waals surface area contributed by atoms with Crippen molar-refractivity contribution in [3.63, 3.8) is 0 Å². The first-order chi connectivity index (χ1) is 19.1. The van der Waals surface area contributed by atoms with Gasteiger partial charge in [-0.3, -0.25) is 14.3 Å². The normalized spacial score (nSPS) is 18.5. The minimum Gasteiger partial charge on any atom is -0.497 e. The number of piperidine rings is 1. The van der Waals surface area contributed by atoms with Crippen LogP contribution in [-0.2, 0) is 11.3 Å². The summed E-state index contributed by atoms with van der Waals surface area (Å²) in [7, 11) is 1.69. The molecule has 39 heavy (non-hydrogen) atoms. The molecule has 1 atom stereocenters. The van der Waals surface area contributed by atoms with Gasteiger partial charge in [-0.2, -0.15) is 0 Å². The molecule has 0 bridgehead atoms. The summed E-state index contributed by atoms with van der Waals surface area (Å²) in [5.74, 6) is 2.20.